The number of hydrogen-bond donors (Lipinski definition) is 7. The van der Waals surface area contributed by atoms with Crippen molar-refractivity contribution in [3.8, 4) is 0 Å². The van der Waals surface area contributed by atoms with Crippen LogP contribution in [0.3, 0.4) is 0 Å². The van der Waals surface area contributed by atoms with E-state index in [0.717, 1.165) is 31.1 Å². The van der Waals surface area contributed by atoms with Gasteiger partial charge in [-0.15, -0.1) is 23.4 Å². The number of likely N-dealkylation sites (tertiary alicyclic amines) is 1. The first-order chi connectivity index (χ1) is 18.3. The minimum Gasteiger partial charge on any atom is -0.479 e. The summed E-state index contributed by atoms with van der Waals surface area (Å²) in [7, 11) is 1.88. The Morgan fingerprint density at radius 3 is 2.33 bits per heavy atom. The summed E-state index contributed by atoms with van der Waals surface area (Å²) in [5.41, 5.74) is -0.977. The van der Waals surface area contributed by atoms with Crippen LogP contribution >= 0.6 is 23.4 Å². The van der Waals surface area contributed by atoms with Crippen LogP contribution < -0.4 is 5.32 Å². The third-order valence-corrected chi connectivity index (χ3v) is 8.83. The molecule has 3 heterocycles. The number of nitrogens with zero attached hydrogens (tertiary/aromatic N) is 1. The molecule has 1 amide bonds. The Morgan fingerprint density at radius 2 is 1.77 bits per heavy atom. The predicted octanol–water partition coefficient (Wildman–Crippen LogP) is -1.69. The van der Waals surface area contributed by atoms with Gasteiger partial charge in [-0.2, -0.15) is 0 Å². The molecule has 5 unspecified atom stereocenters. The van der Waals surface area contributed by atoms with Crippen molar-refractivity contribution < 1.29 is 54.4 Å². The number of carbonyl (C=O) groups is 2. The van der Waals surface area contributed by atoms with Crippen LogP contribution in [0.4, 0.5) is 0 Å². The summed E-state index contributed by atoms with van der Waals surface area (Å²) in [6.07, 6.45) is -10.7. The van der Waals surface area contributed by atoms with Crippen LogP contribution in [-0.2, 0) is 23.8 Å². The Labute approximate surface area is 236 Å². The van der Waals surface area contributed by atoms with Crippen LogP contribution in [0.25, 0.3) is 0 Å². The first-order valence-electron chi connectivity index (χ1n) is 13.1. The van der Waals surface area contributed by atoms with Gasteiger partial charge in [-0.25, -0.2) is 4.79 Å². The van der Waals surface area contributed by atoms with Crippen molar-refractivity contribution in [2.75, 3.05) is 19.8 Å². The molecular formula is C24H41ClN2O11S. The second-order valence-corrected chi connectivity index (χ2v) is 12.2. The number of carboxylic acids is 1. The maximum absolute atomic E-state index is 13.2. The number of carboxylic acid groups (broad SMARTS) is 1. The minimum atomic E-state index is -1.91. The topological polar surface area (TPSA) is 198 Å². The van der Waals surface area contributed by atoms with Gasteiger partial charge < -0.3 is 50.2 Å². The van der Waals surface area contributed by atoms with Gasteiger partial charge in [0.15, 0.2) is 12.4 Å². The van der Waals surface area contributed by atoms with Crippen molar-refractivity contribution in [2.24, 2.45) is 5.92 Å². The summed E-state index contributed by atoms with van der Waals surface area (Å²) in [6, 6.07) is -1.26. The normalized spacial score (nSPS) is 43.1. The summed E-state index contributed by atoms with van der Waals surface area (Å²) in [4.78, 5) is 26.6. The van der Waals surface area contributed by atoms with Crippen LogP contribution in [0.1, 0.15) is 33.1 Å². The highest BCUT2D eigenvalue weighted by Crippen LogP contribution is 2.35. The van der Waals surface area contributed by atoms with Crippen molar-refractivity contribution in [1.82, 2.24) is 10.2 Å². The number of alkyl halides is 1. The van der Waals surface area contributed by atoms with Crippen molar-refractivity contribution in [2.45, 2.75) is 111 Å². The average Bonchev–Trinajstić information content (AvgIpc) is 3.25. The SMILES string of the molecule is CCC[C@@H]1C[C@@H](C(=O)N[C@@H]([C@H]2O[C@H](SC)[C@H](OC3OC(C(=O)O)C(O)C(O)C3O)[C@@H](O)[C@H]2O)[C@H](C)Cl)N(C)C1. The molecule has 0 aromatic rings. The van der Waals surface area contributed by atoms with E-state index >= 15 is 0 Å². The lowest BCUT2D eigenvalue weighted by atomic mass is 9.92. The highest BCUT2D eigenvalue weighted by Gasteiger charge is 2.53. The maximum atomic E-state index is 13.2. The number of likely N-dealkylation sites (N-methyl/N-ethyl adjacent to an activating group) is 1. The Balaban J connectivity index is 1.73. The van der Waals surface area contributed by atoms with Gasteiger partial charge in [0.2, 0.25) is 5.91 Å². The maximum Gasteiger partial charge on any atom is 0.335 e. The molecule has 3 fully saturated rings. The third kappa shape index (κ3) is 7.17. The number of aliphatic carboxylic acids is 1. The van der Waals surface area contributed by atoms with Crippen molar-refractivity contribution in [1.29, 1.82) is 0 Å². The van der Waals surface area contributed by atoms with E-state index in [-0.39, 0.29) is 11.9 Å². The van der Waals surface area contributed by atoms with E-state index in [9.17, 15) is 40.2 Å². The van der Waals surface area contributed by atoms with Crippen molar-refractivity contribution in [3.05, 3.63) is 0 Å². The number of aliphatic hydroxyl groups excluding tert-OH is 5. The Hall–Kier alpha value is -0.780. The number of ether oxygens (including phenoxy) is 3. The monoisotopic (exact) mass is 600 g/mol. The molecule has 226 valence electrons. The lowest BCUT2D eigenvalue weighted by molar-refractivity contribution is -0.329. The smallest absolute Gasteiger partial charge is 0.335 e. The third-order valence-electron chi connectivity index (χ3n) is 7.71. The molecule has 13 nitrogen and oxygen atoms in total. The number of carbonyl (C=O) groups excluding carboxylic acids is 1. The molecule has 0 aromatic heterocycles. The molecule has 0 spiro atoms. The minimum absolute atomic E-state index is 0.260. The predicted molar refractivity (Wildman–Crippen MR) is 140 cm³/mol. The van der Waals surface area contributed by atoms with E-state index in [2.05, 4.69) is 12.2 Å². The molecule has 7 N–H and O–H groups in total. The van der Waals surface area contributed by atoms with E-state index < -0.39 is 77.9 Å². The number of halogens is 1. The molecule has 39 heavy (non-hydrogen) atoms. The van der Waals surface area contributed by atoms with Crippen LogP contribution in [-0.4, -0.2) is 145 Å². The number of thioether (sulfide) groups is 1. The van der Waals surface area contributed by atoms with Crippen LogP contribution in [0.2, 0.25) is 0 Å². The molecule has 0 bridgehead atoms. The van der Waals surface area contributed by atoms with Crippen LogP contribution in [0.5, 0.6) is 0 Å². The number of nitrogens with one attached hydrogen (secondary N) is 1. The average molecular weight is 601 g/mol. The van der Waals surface area contributed by atoms with Gasteiger partial charge in [-0.1, -0.05) is 13.3 Å². The molecule has 0 saturated carbocycles. The Kier molecular flexibility index (Phi) is 11.7. The fourth-order valence-electron chi connectivity index (χ4n) is 5.56. The van der Waals surface area contributed by atoms with Gasteiger partial charge in [0.1, 0.15) is 48.2 Å². The fourth-order valence-corrected chi connectivity index (χ4v) is 6.50. The molecule has 3 saturated heterocycles. The first kappa shape index (κ1) is 32.7. The van der Waals surface area contributed by atoms with E-state index in [1.54, 1.807) is 13.2 Å². The molecule has 3 rings (SSSR count). The number of hydrogen-bond acceptors (Lipinski definition) is 12. The van der Waals surface area contributed by atoms with Gasteiger partial charge in [0.25, 0.3) is 0 Å². The largest absolute Gasteiger partial charge is 0.479 e. The van der Waals surface area contributed by atoms with Gasteiger partial charge in [-0.3, -0.25) is 9.69 Å². The summed E-state index contributed by atoms with van der Waals surface area (Å²) in [5.74, 6) is -1.45. The summed E-state index contributed by atoms with van der Waals surface area (Å²) < 4.78 is 16.9. The zero-order valence-electron chi connectivity index (χ0n) is 22.4. The van der Waals surface area contributed by atoms with Gasteiger partial charge in [-0.05, 0) is 39.0 Å². The molecule has 3 aliphatic heterocycles. The lowest BCUT2D eigenvalue weighted by Crippen LogP contribution is -2.67. The van der Waals surface area contributed by atoms with E-state index in [1.807, 2.05) is 11.9 Å². The molecule has 0 radical (unpaired) electrons. The molecule has 3 aliphatic rings. The molecule has 0 aromatic carbocycles. The molecular weight excluding hydrogens is 560 g/mol. The summed E-state index contributed by atoms with van der Waals surface area (Å²) >= 11 is 7.53. The number of rotatable bonds is 10. The fraction of sp³-hybridized carbons (Fsp3) is 0.917. The van der Waals surface area contributed by atoms with E-state index in [1.165, 1.54) is 0 Å². The van der Waals surface area contributed by atoms with Crippen molar-refractivity contribution in [3.63, 3.8) is 0 Å². The molecule has 0 aliphatic carbocycles. The standard InChI is InChI=1S/C24H41ClN2O11S/c1-5-6-10-7-11(27(3)8-10)21(33)26-12(9(2)25)18-15(30)16(31)20(24(38-18)39-4)37-23-17(32)13(28)14(29)19(36-23)22(34)35/h9-20,23-24,28-32H,5-8H2,1-4H3,(H,26,33)(H,34,35)/t9-,10+,11-,12+,13?,14?,15+,16-,17?,18+,19?,20+,23?,24+/m0/s1. The lowest BCUT2D eigenvalue weighted by Gasteiger charge is -2.47. The second-order valence-electron chi connectivity index (χ2n) is 10.6. The molecule has 14 atom stereocenters. The first-order valence-corrected chi connectivity index (χ1v) is 14.8. The van der Waals surface area contributed by atoms with Gasteiger partial charge >= 0.3 is 5.97 Å². The number of aliphatic hydroxyl groups is 5. The Morgan fingerprint density at radius 1 is 1.10 bits per heavy atom. The van der Waals surface area contributed by atoms with E-state index in [4.69, 9.17) is 25.8 Å². The van der Waals surface area contributed by atoms with E-state index in [0.29, 0.717) is 12.3 Å². The van der Waals surface area contributed by atoms with Gasteiger partial charge in [0, 0.05) is 6.54 Å². The van der Waals surface area contributed by atoms with Crippen LogP contribution in [0.15, 0.2) is 0 Å². The zero-order valence-corrected chi connectivity index (χ0v) is 23.9. The second kappa shape index (κ2) is 13.9. The highest BCUT2D eigenvalue weighted by molar-refractivity contribution is 7.99. The summed E-state index contributed by atoms with van der Waals surface area (Å²) in [5, 5.41) is 63.9. The quantitative estimate of drug-likeness (QED) is 0.140. The highest BCUT2D eigenvalue weighted by atomic mass is 35.5. The summed E-state index contributed by atoms with van der Waals surface area (Å²) in [6.45, 7) is 4.53. The Bertz CT molecular complexity index is 842. The zero-order chi connectivity index (χ0) is 29.2. The number of amides is 1. The van der Waals surface area contributed by atoms with Crippen LogP contribution in [0, 0.1) is 5.92 Å². The van der Waals surface area contributed by atoms with Gasteiger partial charge in [0.05, 0.1) is 17.5 Å². The molecule has 15 heteroatoms. The van der Waals surface area contributed by atoms with Crippen molar-refractivity contribution >= 4 is 35.2 Å².